The number of carbonyl (C=O) groups is 2. The highest BCUT2D eigenvalue weighted by atomic mass is 16.4. The van der Waals surface area contributed by atoms with E-state index < -0.39 is 5.97 Å². The van der Waals surface area contributed by atoms with Gasteiger partial charge in [-0.05, 0) is 6.42 Å². The van der Waals surface area contributed by atoms with Gasteiger partial charge in [0, 0.05) is 32.6 Å². The number of aliphatic carboxylic acids is 1. The molecule has 0 aromatic heterocycles. The second-order valence-electron chi connectivity index (χ2n) is 5.92. The summed E-state index contributed by atoms with van der Waals surface area (Å²) in [6, 6.07) is 0. The highest BCUT2D eigenvalue weighted by Crippen LogP contribution is 2.10. The third-order valence-electron chi connectivity index (χ3n) is 4.08. The molecular formula is C16H30N2O3. The standard InChI is InChI=1S/C16H30N2O3/c1-2-3-4-5-6-7-8-9-15(19)18-12-10-17(11-13-18)14-16(20)21/h2-14H2,1H3,(H,20,21). The van der Waals surface area contributed by atoms with E-state index in [0.717, 1.165) is 12.8 Å². The summed E-state index contributed by atoms with van der Waals surface area (Å²) in [7, 11) is 0. The Labute approximate surface area is 128 Å². The Bertz CT molecular complexity index is 313. The van der Waals surface area contributed by atoms with Gasteiger partial charge in [0.1, 0.15) is 0 Å². The molecule has 122 valence electrons. The van der Waals surface area contributed by atoms with Gasteiger partial charge in [0.05, 0.1) is 6.54 Å². The molecule has 1 N–H and O–H groups in total. The fraction of sp³-hybridized carbons (Fsp3) is 0.875. The Balaban J connectivity index is 2.04. The Morgan fingerprint density at radius 1 is 0.905 bits per heavy atom. The highest BCUT2D eigenvalue weighted by Gasteiger charge is 2.21. The molecule has 21 heavy (non-hydrogen) atoms. The summed E-state index contributed by atoms with van der Waals surface area (Å²) in [5.41, 5.74) is 0. The lowest BCUT2D eigenvalue weighted by Crippen LogP contribution is -2.49. The summed E-state index contributed by atoms with van der Waals surface area (Å²) >= 11 is 0. The van der Waals surface area contributed by atoms with Crippen LogP contribution in [0, 0.1) is 0 Å². The first-order valence-electron chi connectivity index (χ1n) is 8.35. The normalized spacial score (nSPS) is 16.1. The van der Waals surface area contributed by atoms with Crippen LogP contribution in [0.25, 0.3) is 0 Å². The molecule has 1 rings (SSSR count). The summed E-state index contributed by atoms with van der Waals surface area (Å²) in [5, 5.41) is 8.74. The predicted molar refractivity (Wildman–Crippen MR) is 83.3 cm³/mol. The molecular weight excluding hydrogens is 268 g/mol. The zero-order valence-corrected chi connectivity index (χ0v) is 13.4. The van der Waals surface area contributed by atoms with E-state index in [1.807, 2.05) is 9.80 Å². The first-order valence-corrected chi connectivity index (χ1v) is 8.35. The van der Waals surface area contributed by atoms with E-state index in [4.69, 9.17) is 5.11 Å². The van der Waals surface area contributed by atoms with Crippen molar-refractivity contribution in [2.45, 2.75) is 58.3 Å². The predicted octanol–water partition coefficient (Wildman–Crippen LogP) is 2.36. The smallest absolute Gasteiger partial charge is 0.317 e. The van der Waals surface area contributed by atoms with E-state index >= 15 is 0 Å². The van der Waals surface area contributed by atoms with Gasteiger partial charge >= 0.3 is 5.97 Å². The molecule has 1 aliphatic rings. The molecule has 0 aliphatic carbocycles. The van der Waals surface area contributed by atoms with Crippen LogP contribution in [0.1, 0.15) is 58.3 Å². The number of carboxylic acid groups (broad SMARTS) is 1. The van der Waals surface area contributed by atoms with E-state index in [0.29, 0.717) is 32.6 Å². The van der Waals surface area contributed by atoms with Gasteiger partial charge in [-0.25, -0.2) is 0 Å². The number of carbonyl (C=O) groups excluding carboxylic acids is 1. The third kappa shape index (κ3) is 8.05. The van der Waals surface area contributed by atoms with Gasteiger partial charge in [-0.1, -0.05) is 45.4 Å². The Morgan fingerprint density at radius 3 is 2.05 bits per heavy atom. The maximum Gasteiger partial charge on any atom is 0.317 e. The number of piperazine rings is 1. The molecule has 1 amide bonds. The van der Waals surface area contributed by atoms with Crippen molar-refractivity contribution in [1.29, 1.82) is 0 Å². The number of nitrogens with zero attached hydrogens (tertiary/aromatic N) is 2. The molecule has 1 saturated heterocycles. The fourth-order valence-electron chi connectivity index (χ4n) is 2.74. The summed E-state index contributed by atoms with van der Waals surface area (Å²) < 4.78 is 0. The molecule has 0 unspecified atom stereocenters. The topological polar surface area (TPSA) is 60.9 Å². The minimum absolute atomic E-state index is 0.0831. The molecule has 5 nitrogen and oxygen atoms in total. The van der Waals surface area contributed by atoms with Gasteiger partial charge in [0.25, 0.3) is 0 Å². The average Bonchev–Trinajstić information content (AvgIpc) is 2.46. The molecule has 0 aromatic carbocycles. The molecule has 1 fully saturated rings. The monoisotopic (exact) mass is 298 g/mol. The van der Waals surface area contributed by atoms with E-state index in [-0.39, 0.29) is 12.5 Å². The molecule has 0 atom stereocenters. The Kier molecular flexibility index (Phi) is 9.06. The summed E-state index contributed by atoms with van der Waals surface area (Å²) in [4.78, 5) is 26.5. The maximum atomic E-state index is 12.1. The number of amides is 1. The largest absolute Gasteiger partial charge is 0.480 e. The van der Waals surface area contributed by atoms with Crippen LogP contribution in [0.2, 0.25) is 0 Å². The minimum atomic E-state index is -0.794. The highest BCUT2D eigenvalue weighted by molar-refractivity contribution is 5.76. The molecule has 0 aromatic rings. The van der Waals surface area contributed by atoms with Gasteiger partial charge in [-0.3, -0.25) is 14.5 Å². The van der Waals surface area contributed by atoms with Gasteiger partial charge in [-0.2, -0.15) is 0 Å². The van der Waals surface area contributed by atoms with Crippen LogP contribution in [0.3, 0.4) is 0 Å². The zero-order chi connectivity index (χ0) is 15.5. The number of hydrogen-bond donors (Lipinski definition) is 1. The summed E-state index contributed by atoms with van der Waals surface area (Å²) in [5.74, 6) is -0.559. The number of hydrogen-bond acceptors (Lipinski definition) is 3. The van der Waals surface area contributed by atoms with E-state index in [2.05, 4.69) is 6.92 Å². The van der Waals surface area contributed by atoms with E-state index in [1.54, 1.807) is 0 Å². The summed E-state index contributed by atoms with van der Waals surface area (Å²) in [6.07, 6.45) is 9.21. The molecule has 0 radical (unpaired) electrons. The molecule has 0 bridgehead atoms. The van der Waals surface area contributed by atoms with Crippen molar-refractivity contribution < 1.29 is 14.7 Å². The van der Waals surface area contributed by atoms with Crippen LogP contribution in [-0.2, 0) is 9.59 Å². The second kappa shape index (κ2) is 10.6. The molecule has 0 spiro atoms. The van der Waals surface area contributed by atoms with Gasteiger partial charge in [0.15, 0.2) is 0 Å². The first kappa shape index (κ1) is 18.0. The van der Waals surface area contributed by atoms with Crippen LogP contribution in [0.4, 0.5) is 0 Å². The lowest BCUT2D eigenvalue weighted by molar-refractivity contribution is -0.139. The van der Waals surface area contributed by atoms with Crippen molar-refractivity contribution >= 4 is 11.9 Å². The van der Waals surface area contributed by atoms with Crippen LogP contribution >= 0.6 is 0 Å². The molecule has 1 heterocycles. The number of rotatable bonds is 10. The number of carboxylic acids is 1. The van der Waals surface area contributed by atoms with E-state index in [9.17, 15) is 9.59 Å². The Morgan fingerprint density at radius 2 is 1.48 bits per heavy atom. The van der Waals surface area contributed by atoms with Crippen molar-refractivity contribution in [1.82, 2.24) is 9.80 Å². The SMILES string of the molecule is CCCCCCCCCC(=O)N1CCN(CC(=O)O)CC1. The molecule has 1 aliphatic heterocycles. The van der Waals surface area contributed by atoms with Crippen LogP contribution < -0.4 is 0 Å². The van der Waals surface area contributed by atoms with Crippen molar-refractivity contribution in [3.8, 4) is 0 Å². The summed E-state index contributed by atoms with van der Waals surface area (Å²) in [6.45, 7) is 4.99. The third-order valence-corrected chi connectivity index (χ3v) is 4.08. The van der Waals surface area contributed by atoms with Crippen molar-refractivity contribution in [2.75, 3.05) is 32.7 Å². The van der Waals surface area contributed by atoms with Crippen molar-refractivity contribution in [2.24, 2.45) is 0 Å². The van der Waals surface area contributed by atoms with Crippen LogP contribution in [0.15, 0.2) is 0 Å². The molecule has 5 heteroatoms. The lowest BCUT2D eigenvalue weighted by atomic mass is 10.1. The maximum absolute atomic E-state index is 12.1. The van der Waals surface area contributed by atoms with Crippen LogP contribution in [0.5, 0.6) is 0 Å². The zero-order valence-electron chi connectivity index (χ0n) is 13.4. The second-order valence-corrected chi connectivity index (χ2v) is 5.92. The van der Waals surface area contributed by atoms with Crippen LogP contribution in [-0.4, -0.2) is 59.5 Å². The minimum Gasteiger partial charge on any atom is -0.480 e. The molecule has 0 saturated carbocycles. The quantitative estimate of drug-likeness (QED) is 0.629. The first-order chi connectivity index (χ1) is 10.1. The number of unbranched alkanes of at least 4 members (excludes halogenated alkanes) is 6. The van der Waals surface area contributed by atoms with Gasteiger partial charge in [0.2, 0.25) is 5.91 Å². The van der Waals surface area contributed by atoms with Gasteiger partial charge < -0.3 is 10.0 Å². The van der Waals surface area contributed by atoms with Crippen molar-refractivity contribution in [3.05, 3.63) is 0 Å². The Hall–Kier alpha value is -1.10. The average molecular weight is 298 g/mol. The lowest BCUT2D eigenvalue weighted by Gasteiger charge is -2.33. The van der Waals surface area contributed by atoms with Crippen molar-refractivity contribution in [3.63, 3.8) is 0 Å². The fourth-order valence-corrected chi connectivity index (χ4v) is 2.74. The van der Waals surface area contributed by atoms with E-state index in [1.165, 1.54) is 32.1 Å². The van der Waals surface area contributed by atoms with Gasteiger partial charge in [-0.15, -0.1) is 0 Å².